The van der Waals surface area contributed by atoms with Crippen molar-refractivity contribution in [1.82, 2.24) is 0 Å². The first kappa shape index (κ1) is 11.5. The van der Waals surface area contributed by atoms with E-state index >= 15 is 0 Å². The number of hydrogen-bond acceptors (Lipinski definition) is 1. The van der Waals surface area contributed by atoms with Gasteiger partial charge in [-0.25, -0.2) is 0 Å². The Hall–Kier alpha value is -1.59. The average molecular weight is 200 g/mol. The lowest BCUT2D eigenvalue weighted by molar-refractivity contribution is -0.107. The summed E-state index contributed by atoms with van der Waals surface area (Å²) in [6, 6.07) is 9.91. The molecule has 0 atom stereocenters. The highest BCUT2D eigenvalue weighted by Gasteiger charge is 1.98. The van der Waals surface area contributed by atoms with Crippen LogP contribution in [-0.2, 0) is 4.79 Å². The fourth-order valence-electron chi connectivity index (χ4n) is 1.25. The summed E-state index contributed by atoms with van der Waals surface area (Å²) < 4.78 is 0. The maximum atomic E-state index is 10.6. The zero-order chi connectivity index (χ0) is 11.1. The monoisotopic (exact) mass is 200 g/mol. The first-order chi connectivity index (χ1) is 7.24. The molecule has 0 aliphatic heterocycles. The van der Waals surface area contributed by atoms with Crippen LogP contribution in [-0.4, -0.2) is 6.29 Å². The fraction of sp³-hybridized carbons (Fsp3) is 0.286. The van der Waals surface area contributed by atoms with E-state index in [2.05, 4.69) is 19.6 Å². The van der Waals surface area contributed by atoms with Gasteiger partial charge >= 0.3 is 0 Å². The van der Waals surface area contributed by atoms with Gasteiger partial charge < -0.3 is 4.79 Å². The van der Waals surface area contributed by atoms with E-state index in [-0.39, 0.29) is 0 Å². The summed E-state index contributed by atoms with van der Waals surface area (Å²) in [4.78, 5) is 10.6. The molecule has 0 unspecified atom stereocenters. The Morgan fingerprint density at radius 3 is 2.53 bits per heavy atom. The molecule has 15 heavy (non-hydrogen) atoms. The number of allylic oxidation sites excluding steroid dienone is 1. The molecule has 0 N–H and O–H groups in total. The smallest absolute Gasteiger partial charge is 0.125 e. The number of benzene rings is 1. The molecule has 1 aromatic rings. The largest absolute Gasteiger partial charge is 0.303 e. The van der Waals surface area contributed by atoms with E-state index in [0.29, 0.717) is 12.3 Å². The second kappa shape index (κ2) is 6.00. The van der Waals surface area contributed by atoms with Gasteiger partial charge in [0.25, 0.3) is 0 Å². The van der Waals surface area contributed by atoms with E-state index in [4.69, 9.17) is 0 Å². The van der Waals surface area contributed by atoms with Crippen molar-refractivity contribution in [3.8, 4) is 0 Å². The number of aldehydes is 1. The number of rotatable bonds is 4. The van der Waals surface area contributed by atoms with Crippen LogP contribution in [0.25, 0.3) is 5.57 Å². The molecule has 1 heteroatoms. The Balaban J connectivity index is 3.03. The van der Waals surface area contributed by atoms with Crippen LogP contribution < -0.4 is 0 Å². The van der Waals surface area contributed by atoms with Crippen LogP contribution in [0.15, 0.2) is 42.1 Å². The molecule has 0 saturated carbocycles. The third-order valence-corrected chi connectivity index (χ3v) is 2.00. The standard InChI is InChI=1S/C14H16O/c1-12(2)8-9-14(10-11-15)13-6-4-3-5-7-13/h3-8,11-12H,10H2,1-2H3. The summed E-state index contributed by atoms with van der Waals surface area (Å²) >= 11 is 0. The van der Waals surface area contributed by atoms with E-state index in [1.165, 1.54) is 0 Å². The zero-order valence-corrected chi connectivity index (χ0v) is 9.23. The van der Waals surface area contributed by atoms with Crippen LogP contribution in [0, 0.1) is 5.92 Å². The lowest BCUT2D eigenvalue weighted by Crippen LogP contribution is -1.84. The number of carbonyl (C=O) groups is 1. The van der Waals surface area contributed by atoms with Crippen molar-refractivity contribution < 1.29 is 4.79 Å². The minimum absolute atomic E-state index is 0.424. The summed E-state index contributed by atoms with van der Waals surface area (Å²) in [5.74, 6) is 0.454. The molecular formula is C14H16O. The van der Waals surface area contributed by atoms with Crippen LogP contribution >= 0.6 is 0 Å². The Bertz CT molecular complexity index is 368. The SMILES string of the molecule is CC(C)C=C=C(CC=O)c1ccccc1. The summed E-state index contributed by atoms with van der Waals surface area (Å²) in [6.45, 7) is 4.19. The molecule has 0 aliphatic carbocycles. The predicted molar refractivity (Wildman–Crippen MR) is 63.5 cm³/mol. The maximum absolute atomic E-state index is 10.6. The van der Waals surface area contributed by atoms with Crippen molar-refractivity contribution >= 4 is 11.9 Å². The molecule has 0 bridgehead atoms. The van der Waals surface area contributed by atoms with Gasteiger partial charge in [-0.3, -0.25) is 0 Å². The molecule has 1 nitrogen and oxygen atoms in total. The molecule has 1 aromatic carbocycles. The van der Waals surface area contributed by atoms with Crippen LogP contribution in [0.3, 0.4) is 0 Å². The lowest BCUT2D eigenvalue weighted by atomic mass is 10.0. The molecule has 1 rings (SSSR count). The third kappa shape index (κ3) is 3.97. The normalized spacial score (nSPS) is 9.53. The minimum Gasteiger partial charge on any atom is -0.303 e. The molecule has 0 radical (unpaired) electrons. The molecule has 0 spiro atoms. The molecule has 0 fully saturated rings. The average Bonchev–Trinajstić information content (AvgIpc) is 2.25. The highest BCUT2D eigenvalue weighted by Crippen LogP contribution is 2.15. The molecule has 78 valence electrons. The molecular weight excluding hydrogens is 184 g/mol. The second-order valence-corrected chi connectivity index (χ2v) is 3.77. The molecule has 0 saturated heterocycles. The van der Waals surface area contributed by atoms with Crippen LogP contribution in [0.2, 0.25) is 0 Å². The first-order valence-corrected chi connectivity index (χ1v) is 5.18. The van der Waals surface area contributed by atoms with Crippen molar-refractivity contribution in [1.29, 1.82) is 0 Å². The Kier molecular flexibility index (Phi) is 4.59. The fourth-order valence-corrected chi connectivity index (χ4v) is 1.25. The van der Waals surface area contributed by atoms with Gasteiger partial charge in [-0.05, 0) is 17.6 Å². The highest BCUT2D eigenvalue weighted by atomic mass is 16.1. The van der Waals surface area contributed by atoms with Crippen molar-refractivity contribution in [2.75, 3.05) is 0 Å². The zero-order valence-electron chi connectivity index (χ0n) is 9.23. The maximum Gasteiger partial charge on any atom is 0.125 e. The lowest BCUT2D eigenvalue weighted by Gasteiger charge is -2.00. The summed E-state index contributed by atoms with van der Waals surface area (Å²) in [6.07, 6.45) is 3.34. The topological polar surface area (TPSA) is 17.1 Å². The van der Waals surface area contributed by atoms with Gasteiger partial charge in [0.15, 0.2) is 0 Å². The van der Waals surface area contributed by atoms with Crippen molar-refractivity contribution in [3.05, 3.63) is 47.7 Å². The summed E-state index contributed by atoms with van der Waals surface area (Å²) in [7, 11) is 0. The van der Waals surface area contributed by atoms with Gasteiger partial charge in [0.2, 0.25) is 0 Å². The van der Waals surface area contributed by atoms with Crippen molar-refractivity contribution in [2.45, 2.75) is 20.3 Å². The molecule has 0 aromatic heterocycles. The van der Waals surface area contributed by atoms with E-state index < -0.39 is 0 Å². The molecule has 0 heterocycles. The third-order valence-electron chi connectivity index (χ3n) is 2.00. The van der Waals surface area contributed by atoms with Gasteiger partial charge in [0.1, 0.15) is 6.29 Å². The first-order valence-electron chi connectivity index (χ1n) is 5.18. The molecule has 0 amide bonds. The van der Waals surface area contributed by atoms with Gasteiger partial charge in [0, 0.05) is 12.0 Å². The Labute approximate surface area is 91.1 Å². The van der Waals surface area contributed by atoms with Crippen LogP contribution in [0.4, 0.5) is 0 Å². The second-order valence-electron chi connectivity index (χ2n) is 3.77. The van der Waals surface area contributed by atoms with Crippen molar-refractivity contribution in [3.63, 3.8) is 0 Å². The number of carbonyl (C=O) groups excluding carboxylic acids is 1. The summed E-state index contributed by atoms with van der Waals surface area (Å²) in [5.41, 5.74) is 5.23. The highest BCUT2D eigenvalue weighted by molar-refractivity contribution is 5.76. The Morgan fingerprint density at radius 2 is 2.00 bits per heavy atom. The number of hydrogen-bond donors (Lipinski definition) is 0. The van der Waals surface area contributed by atoms with Gasteiger partial charge in [-0.2, -0.15) is 0 Å². The van der Waals surface area contributed by atoms with Gasteiger partial charge in [-0.15, -0.1) is 5.73 Å². The summed E-state index contributed by atoms with van der Waals surface area (Å²) in [5, 5.41) is 0. The van der Waals surface area contributed by atoms with Crippen LogP contribution in [0.1, 0.15) is 25.8 Å². The quantitative estimate of drug-likeness (QED) is 0.537. The van der Waals surface area contributed by atoms with E-state index in [1.807, 2.05) is 36.4 Å². The van der Waals surface area contributed by atoms with E-state index in [1.54, 1.807) is 0 Å². The predicted octanol–water partition coefficient (Wildman–Crippen LogP) is 3.47. The van der Waals surface area contributed by atoms with Crippen LogP contribution in [0.5, 0.6) is 0 Å². The van der Waals surface area contributed by atoms with Crippen molar-refractivity contribution in [2.24, 2.45) is 5.92 Å². The van der Waals surface area contributed by atoms with E-state index in [0.717, 1.165) is 17.4 Å². The minimum atomic E-state index is 0.424. The van der Waals surface area contributed by atoms with Gasteiger partial charge in [-0.1, -0.05) is 44.2 Å². The van der Waals surface area contributed by atoms with E-state index in [9.17, 15) is 4.79 Å². The van der Waals surface area contributed by atoms with Gasteiger partial charge in [0.05, 0.1) is 0 Å². The Morgan fingerprint density at radius 1 is 1.33 bits per heavy atom. The molecule has 0 aliphatic rings.